The first-order valence-corrected chi connectivity index (χ1v) is 6.62. The monoisotopic (exact) mass is 383 g/mol. The normalized spacial score (nSPS) is 39.8. The molecule has 1 amide bonds. The number of hydrogen-bond donors (Lipinski definition) is 0. The van der Waals surface area contributed by atoms with E-state index in [0.29, 0.717) is 0 Å². The zero-order chi connectivity index (χ0) is 11.6. The summed E-state index contributed by atoms with van der Waals surface area (Å²) < 4.78 is -1.55. The summed E-state index contributed by atoms with van der Waals surface area (Å²) in [7, 11) is 0. The van der Waals surface area contributed by atoms with E-state index < -0.39 is 19.6 Å². The first kappa shape index (κ1) is 15.4. The minimum atomic E-state index is -1.22. The number of rotatable bonds is 1. The molecule has 0 aromatic carbocycles. The van der Waals surface area contributed by atoms with Gasteiger partial charge in [0.05, 0.1) is 12.0 Å². The molecule has 0 bridgehead atoms. The molecule has 8 heteroatoms. The number of carbonyl (C=O) groups is 2. The standard InChI is InChI=1S/C8H9ClINO3S.Na/c1-7(2)3(4(12)13)11-5(14)8(9,10)6(11)15-7;/h3,6H,1-2H3,(H,12,13);/q;+1/p-1/t3-,6+,8+;/m0./s1. The molecular formula is C8H8ClINNaO3S. The van der Waals surface area contributed by atoms with Gasteiger partial charge in [0.15, 0.2) is 0 Å². The number of hydrogen-bond acceptors (Lipinski definition) is 4. The van der Waals surface area contributed by atoms with E-state index in [1.807, 2.05) is 22.6 Å². The van der Waals surface area contributed by atoms with Crippen molar-refractivity contribution in [3.63, 3.8) is 0 Å². The van der Waals surface area contributed by atoms with Gasteiger partial charge in [-0.3, -0.25) is 4.79 Å². The minimum Gasteiger partial charge on any atom is -0.548 e. The Balaban J connectivity index is 0.00000128. The number of amides is 1. The molecule has 2 saturated heterocycles. The topological polar surface area (TPSA) is 60.4 Å². The second-order valence-electron chi connectivity index (χ2n) is 4.13. The smallest absolute Gasteiger partial charge is 0.548 e. The van der Waals surface area contributed by atoms with Crippen LogP contribution >= 0.6 is 46.0 Å². The number of carboxylic acid groups (broad SMARTS) is 1. The molecule has 0 radical (unpaired) electrons. The summed E-state index contributed by atoms with van der Waals surface area (Å²) in [5.41, 5.74) is 0. The summed E-state index contributed by atoms with van der Waals surface area (Å²) >= 11 is 9.28. The largest absolute Gasteiger partial charge is 1.00 e. The molecule has 0 N–H and O–H groups in total. The van der Waals surface area contributed by atoms with Gasteiger partial charge in [-0.25, -0.2) is 0 Å². The quantitative estimate of drug-likeness (QED) is 0.212. The molecule has 2 aliphatic heterocycles. The Bertz CT molecular complexity index is 365. The predicted molar refractivity (Wildman–Crippen MR) is 63.7 cm³/mol. The van der Waals surface area contributed by atoms with Crippen molar-refractivity contribution >= 4 is 57.8 Å². The molecule has 0 aromatic rings. The average molecular weight is 384 g/mol. The van der Waals surface area contributed by atoms with E-state index in [4.69, 9.17) is 11.6 Å². The Hall–Kier alpha value is 1.31. The van der Waals surface area contributed by atoms with Crippen molar-refractivity contribution in [1.29, 1.82) is 0 Å². The van der Waals surface area contributed by atoms with Crippen LogP contribution in [0.1, 0.15) is 13.8 Å². The van der Waals surface area contributed by atoms with Crippen LogP contribution < -0.4 is 34.7 Å². The van der Waals surface area contributed by atoms with Gasteiger partial charge in [0.1, 0.15) is 5.37 Å². The maximum atomic E-state index is 11.6. The van der Waals surface area contributed by atoms with Crippen LogP contribution in [0, 0.1) is 0 Å². The third-order valence-corrected chi connectivity index (χ3v) is 6.26. The van der Waals surface area contributed by atoms with Gasteiger partial charge >= 0.3 is 29.6 Å². The molecule has 0 spiro atoms. The summed E-state index contributed by atoms with van der Waals surface area (Å²) in [6, 6.07) is -0.887. The molecule has 4 nitrogen and oxygen atoms in total. The van der Waals surface area contributed by atoms with Crippen molar-refractivity contribution < 1.29 is 44.3 Å². The number of aliphatic carboxylic acids is 1. The van der Waals surface area contributed by atoms with Gasteiger partial charge in [0.2, 0.25) is 2.88 Å². The van der Waals surface area contributed by atoms with Crippen LogP contribution in [0.5, 0.6) is 0 Å². The van der Waals surface area contributed by atoms with Crippen LogP contribution in [-0.4, -0.2) is 35.8 Å². The van der Waals surface area contributed by atoms with Crippen molar-refractivity contribution in [2.45, 2.75) is 32.9 Å². The van der Waals surface area contributed by atoms with Crippen molar-refractivity contribution in [2.75, 3.05) is 0 Å². The minimum absolute atomic E-state index is 0. The number of β-lactam (4-membered cyclic amide) rings is 1. The third kappa shape index (κ3) is 1.93. The van der Waals surface area contributed by atoms with Crippen LogP contribution in [0.2, 0.25) is 0 Å². The Kier molecular flexibility index (Phi) is 4.27. The van der Waals surface area contributed by atoms with Gasteiger partial charge in [-0.1, -0.05) is 11.6 Å². The molecule has 2 heterocycles. The Morgan fingerprint density at radius 3 is 2.56 bits per heavy atom. The van der Waals surface area contributed by atoms with E-state index >= 15 is 0 Å². The second kappa shape index (κ2) is 4.45. The summed E-state index contributed by atoms with van der Waals surface area (Å²) in [5, 5.41) is 10.7. The number of carboxylic acids is 1. The Morgan fingerprint density at radius 2 is 2.12 bits per heavy atom. The van der Waals surface area contributed by atoms with E-state index in [9.17, 15) is 14.7 Å². The maximum absolute atomic E-state index is 11.6. The fourth-order valence-corrected chi connectivity index (χ4v) is 4.75. The molecule has 3 atom stereocenters. The SMILES string of the molecule is CC1(C)S[C@H]2N(C(=O)[C@@]2(Cl)I)[C@H]1C(=O)[O-].[Na+]. The molecule has 0 unspecified atom stereocenters. The zero-order valence-electron chi connectivity index (χ0n) is 8.99. The number of carbonyl (C=O) groups excluding carboxylic acids is 2. The van der Waals surface area contributed by atoms with Crippen molar-refractivity contribution in [2.24, 2.45) is 0 Å². The zero-order valence-corrected chi connectivity index (χ0v) is 14.7. The predicted octanol–water partition coefficient (Wildman–Crippen LogP) is -2.83. The number of alkyl halides is 2. The third-order valence-electron chi connectivity index (χ3n) is 2.66. The number of thioether (sulfide) groups is 1. The van der Waals surface area contributed by atoms with E-state index in [0.717, 1.165) is 0 Å². The van der Waals surface area contributed by atoms with Gasteiger partial charge in [0, 0.05) is 4.75 Å². The van der Waals surface area contributed by atoms with E-state index in [1.165, 1.54) is 16.7 Å². The van der Waals surface area contributed by atoms with Gasteiger partial charge in [-0.2, -0.15) is 0 Å². The van der Waals surface area contributed by atoms with Crippen LogP contribution in [0.25, 0.3) is 0 Å². The molecule has 2 fully saturated rings. The van der Waals surface area contributed by atoms with Gasteiger partial charge < -0.3 is 14.8 Å². The van der Waals surface area contributed by atoms with Gasteiger partial charge in [0.25, 0.3) is 5.91 Å². The van der Waals surface area contributed by atoms with Gasteiger partial charge in [-0.05, 0) is 36.4 Å². The maximum Gasteiger partial charge on any atom is 1.00 e. The van der Waals surface area contributed by atoms with Gasteiger partial charge in [-0.15, -0.1) is 11.8 Å². The summed E-state index contributed by atoms with van der Waals surface area (Å²) in [5.74, 6) is -1.55. The Morgan fingerprint density at radius 1 is 1.62 bits per heavy atom. The fraction of sp³-hybridized carbons (Fsp3) is 0.750. The van der Waals surface area contributed by atoms with E-state index in [-0.39, 0.29) is 40.8 Å². The van der Waals surface area contributed by atoms with Crippen molar-refractivity contribution in [3.8, 4) is 0 Å². The molecule has 0 aliphatic carbocycles. The summed E-state index contributed by atoms with van der Waals surface area (Å²) in [6.45, 7) is 3.57. The first-order valence-electron chi connectivity index (χ1n) is 4.29. The fourth-order valence-electron chi connectivity index (χ4n) is 1.96. The van der Waals surface area contributed by atoms with E-state index in [1.54, 1.807) is 13.8 Å². The molecule has 84 valence electrons. The number of fused-ring (bicyclic) bond motifs is 1. The molecule has 2 aliphatic rings. The van der Waals surface area contributed by atoms with Crippen molar-refractivity contribution in [3.05, 3.63) is 0 Å². The average Bonchev–Trinajstić information content (AvgIpc) is 2.35. The molecular weight excluding hydrogens is 376 g/mol. The number of halogens is 2. The summed E-state index contributed by atoms with van der Waals surface area (Å²) in [6.07, 6.45) is 0. The second-order valence-corrected chi connectivity index (χ2v) is 8.80. The molecule has 16 heavy (non-hydrogen) atoms. The summed E-state index contributed by atoms with van der Waals surface area (Å²) in [4.78, 5) is 24.0. The van der Waals surface area contributed by atoms with Crippen LogP contribution in [0.15, 0.2) is 0 Å². The Labute approximate surface area is 138 Å². The molecule has 0 aromatic heterocycles. The van der Waals surface area contributed by atoms with Crippen LogP contribution in [0.4, 0.5) is 0 Å². The number of nitrogens with zero attached hydrogens (tertiary/aromatic N) is 1. The molecule has 2 rings (SSSR count). The van der Waals surface area contributed by atoms with E-state index in [2.05, 4.69) is 0 Å². The van der Waals surface area contributed by atoms with Crippen LogP contribution in [-0.2, 0) is 9.59 Å². The first-order chi connectivity index (χ1) is 6.69. The van der Waals surface area contributed by atoms with Crippen molar-refractivity contribution in [1.82, 2.24) is 4.90 Å². The molecule has 0 saturated carbocycles. The van der Waals surface area contributed by atoms with Crippen LogP contribution in [0.3, 0.4) is 0 Å².